The summed E-state index contributed by atoms with van der Waals surface area (Å²) in [6.07, 6.45) is 0. The molecule has 24 heavy (non-hydrogen) atoms. The van der Waals surface area contributed by atoms with Gasteiger partial charge in [-0.1, -0.05) is 15.9 Å². The van der Waals surface area contributed by atoms with Gasteiger partial charge in [-0.25, -0.2) is 4.79 Å². The van der Waals surface area contributed by atoms with Crippen LogP contribution in [0, 0.1) is 0 Å². The van der Waals surface area contributed by atoms with Gasteiger partial charge < -0.3 is 19.4 Å². The second kappa shape index (κ2) is 8.30. The second-order valence-electron chi connectivity index (χ2n) is 5.44. The molecule has 130 valence electrons. The van der Waals surface area contributed by atoms with Crippen LogP contribution >= 0.6 is 15.9 Å². The number of hydrogen-bond acceptors (Lipinski definition) is 4. The highest BCUT2D eigenvalue weighted by Gasteiger charge is 2.16. The minimum absolute atomic E-state index is 0.00259. The van der Waals surface area contributed by atoms with E-state index in [1.165, 1.54) is 18.1 Å². The van der Waals surface area contributed by atoms with E-state index in [-0.39, 0.29) is 5.56 Å². The van der Waals surface area contributed by atoms with E-state index in [9.17, 15) is 9.59 Å². The van der Waals surface area contributed by atoms with Crippen LogP contribution in [0.5, 0.6) is 5.75 Å². The summed E-state index contributed by atoms with van der Waals surface area (Å²) in [5.41, 5.74) is -0.345. The number of likely N-dealkylation sites (N-methyl/N-ethyl adjacent to an activating group) is 1. The number of quaternary nitrogens is 1. The maximum absolute atomic E-state index is 12.3. The fourth-order valence-electron chi connectivity index (χ4n) is 2.53. The number of benzene rings is 1. The van der Waals surface area contributed by atoms with E-state index in [2.05, 4.69) is 35.1 Å². The van der Waals surface area contributed by atoms with Gasteiger partial charge >= 0.3 is 5.63 Å². The first kappa shape index (κ1) is 18.5. The van der Waals surface area contributed by atoms with Crippen molar-refractivity contribution in [1.82, 2.24) is 5.32 Å². The summed E-state index contributed by atoms with van der Waals surface area (Å²) in [6.45, 7) is 7.52. The molecule has 0 aliphatic heterocycles. The number of carbonyl (C=O) groups is 1. The largest absolute Gasteiger partial charge is 0.493 e. The first-order valence-corrected chi connectivity index (χ1v) is 8.72. The first-order valence-electron chi connectivity index (χ1n) is 7.93. The Balaban J connectivity index is 2.24. The maximum Gasteiger partial charge on any atom is 0.349 e. The average molecular weight is 398 g/mol. The van der Waals surface area contributed by atoms with Gasteiger partial charge in [-0.2, -0.15) is 0 Å². The van der Waals surface area contributed by atoms with Crippen LogP contribution in [0.2, 0.25) is 0 Å². The highest BCUT2D eigenvalue weighted by Crippen LogP contribution is 2.29. The van der Waals surface area contributed by atoms with Crippen molar-refractivity contribution in [2.75, 3.05) is 33.3 Å². The third kappa shape index (κ3) is 4.15. The summed E-state index contributed by atoms with van der Waals surface area (Å²) in [7, 11) is 1.50. The summed E-state index contributed by atoms with van der Waals surface area (Å²) in [6, 6.07) is 5.02. The van der Waals surface area contributed by atoms with Crippen molar-refractivity contribution in [3.8, 4) is 5.75 Å². The van der Waals surface area contributed by atoms with E-state index < -0.39 is 11.5 Å². The zero-order valence-electron chi connectivity index (χ0n) is 14.1. The van der Waals surface area contributed by atoms with Crippen LogP contribution in [0.15, 0.2) is 31.9 Å². The molecule has 0 atom stereocenters. The lowest BCUT2D eigenvalue weighted by molar-refractivity contribution is -0.895. The Morgan fingerprint density at radius 3 is 2.62 bits per heavy atom. The van der Waals surface area contributed by atoms with Crippen LogP contribution in [0.1, 0.15) is 24.2 Å². The SMILES string of the molecule is CC[NH+](CC)CCNC(=O)c1cc2cc(Br)cc(OC)c2oc1=O. The van der Waals surface area contributed by atoms with Crippen LogP contribution in [-0.2, 0) is 0 Å². The lowest BCUT2D eigenvalue weighted by Crippen LogP contribution is -3.12. The number of rotatable bonds is 7. The molecule has 1 amide bonds. The van der Waals surface area contributed by atoms with Gasteiger partial charge in [0.05, 0.1) is 33.3 Å². The summed E-state index contributed by atoms with van der Waals surface area (Å²) in [5.74, 6) is 0.0183. The van der Waals surface area contributed by atoms with Crippen LogP contribution in [-0.4, -0.2) is 39.2 Å². The fraction of sp³-hybridized carbons (Fsp3) is 0.412. The van der Waals surface area contributed by atoms with E-state index in [1.54, 1.807) is 12.1 Å². The molecule has 0 aliphatic rings. The normalized spacial score (nSPS) is 11.0. The Kier molecular flexibility index (Phi) is 6.39. The molecule has 0 aliphatic carbocycles. The number of carbonyl (C=O) groups excluding carboxylic acids is 1. The van der Waals surface area contributed by atoms with Crippen molar-refractivity contribution < 1.29 is 18.8 Å². The fourth-order valence-corrected chi connectivity index (χ4v) is 2.98. The second-order valence-corrected chi connectivity index (χ2v) is 6.35. The van der Waals surface area contributed by atoms with E-state index in [1.807, 2.05) is 0 Å². The van der Waals surface area contributed by atoms with Crippen molar-refractivity contribution in [1.29, 1.82) is 0 Å². The van der Waals surface area contributed by atoms with Crippen LogP contribution in [0.4, 0.5) is 0 Å². The van der Waals surface area contributed by atoms with Gasteiger partial charge in [-0.05, 0) is 32.0 Å². The van der Waals surface area contributed by atoms with E-state index in [4.69, 9.17) is 9.15 Å². The molecule has 7 heteroatoms. The molecular formula is C17H22BrN2O4+. The highest BCUT2D eigenvalue weighted by molar-refractivity contribution is 9.10. The minimum atomic E-state index is -0.671. The lowest BCUT2D eigenvalue weighted by Gasteiger charge is -2.15. The Hall–Kier alpha value is -1.86. The Morgan fingerprint density at radius 2 is 2.00 bits per heavy atom. The van der Waals surface area contributed by atoms with E-state index in [0.29, 0.717) is 23.3 Å². The summed E-state index contributed by atoms with van der Waals surface area (Å²) >= 11 is 3.37. The molecule has 0 saturated heterocycles. The zero-order chi connectivity index (χ0) is 17.7. The molecular weight excluding hydrogens is 376 g/mol. The molecule has 0 unspecified atom stereocenters. The predicted octanol–water partition coefficient (Wildman–Crippen LogP) is 1.22. The van der Waals surface area contributed by atoms with Crippen molar-refractivity contribution in [2.45, 2.75) is 13.8 Å². The summed E-state index contributed by atoms with van der Waals surface area (Å²) in [5, 5.41) is 3.41. The van der Waals surface area contributed by atoms with Gasteiger partial charge in [0.2, 0.25) is 0 Å². The number of amides is 1. The molecule has 0 radical (unpaired) electrons. The summed E-state index contributed by atoms with van der Waals surface area (Å²) in [4.78, 5) is 25.8. The number of ether oxygens (including phenoxy) is 1. The van der Waals surface area contributed by atoms with Crippen LogP contribution in [0.25, 0.3) is 11.0 Å². The molecule has 1 heterocycles. The van der Waals surface area contributed by atoms with Crippen molar-refractivity contribution in [2.24, 2.45) is 0 Å². The smallest absolute Gasteiger partial charge is 0.349 e. The molecule has 2 N–H and O–H groups in total. The van der Waals surface area contributed by atoms with Crippen molar-refractivity contribution >= 4 is 32.8 Å². The maximum atomic E-state index is 12.3. The highest BCUT2D eigenvalue weighted by atomic mass is 79.9. The zero-order valence-corrected chi connectivity index (χ0v) is 15.7. The van der Waals surface area contributed by atoms with Gasteiger partial charge in [0.1, 0.15) is 5.56 Å². The minimum Gasteiger partial charge on any atom is -0.493 e. The molecule has 6 nitrogen and oxygen atoms in total. The van der Waals surface area contributed by atoms with E-state index >= 15 is 0 Å². The Labute approximate surface area is 148 Å². The molecule has 1 aromatic carbocycles. The third-order valence-electron chi connectivity index (χ3n) is 3.99. The molecule has 0 spiro atoms. The Bertz CT molecular complexity index is 784. The van der Waals surface area contributed by atoms with Crippen LogP contribution < -0.4 is 20.6 Å². The van der Waals surface area contributed by atoms with Gasteiger partial charge in [0, 0.05) is 9.86 Å². The molecule has 0 bridgehead atoms. The molecule has 0 fully saturated rings. The lowest BCUT2D eigenvalue weighted by atomic mass is 10.1. The standard InChI is InChI=1S/C17H21BrN2O4/c1-4-20(5-2)7-6-19-16(21)13-9-11-8-12(18)10-14(23-3)15(11)24-17(13)22/h8-10H,4-7H2,1-3H3,(H,19,21)/p+1. The molecule has 2 rings (SSSR count). The van der Waals surface area contributed by atoms with Gasteiger partial charge in [-0.3, -0.25) is 4.79 Å². The Morgan fingerprint density at radius 1 is 1.29 bits per heavy atom. The monoisotopic (exact) mass is 397 g/mol. The first-order chi connectivity index (χ1) is 11.5. The van der Waals surface area contributed by atoms with Gasteiger partial charge in [0.15, 0.2) is 11.3 Å². The number of methoxy groups -OCH3 is 1. The number of nitrogens with one attached hydrogen (secondary N) is 2. The van der Waals surface area contributed by atoms with E-state index in [0.717, 1.165) is 24.1 Å². The average Bonchev–Trinajstić information content (AvgIpc) is 2.57. The summed E-state index contributed by atoms with van der Waals surface area (Å²) < 4.78 is 11.3. The number of hydrogen-bond donors (Lipinski definition) is 2. The van der Waals surface area contributed by atoms with Gasteiger partial charge in [-0.15, -0.1) is 0 Å². The van der Waals surface area contributed by atoms with Gasteiger partial charge in [0.25, 0.3) is 5.91 Å². The topological polar surface area (TPSA) is 73.0 Å². The molecule has 0 saturated carbocycles. The predicted molar refractivity (Wildman–Crippen MR) is 96.0 cm³/mol. The van der Waals surface area contributed by atoms with Crippen molar-refractivity contribution in [3.05, 3.63) is 38.7 Å². The molecule has 2 aromatic rings. The third-order valence-corrected chi connectivity index (χ3v) is 4.45. The number of halogens is 1. The number of fused-ring (bicyclic) bond motifs is 1. The molecule has 1 aromatic heterocycles. The van der Waals surface area contributed by atoms with Crippen molar-refractivity contribution in [3.63, 3.8) is 0 Å². The van der Waals surface area contributed by atoms with Crippen LogP contribution in [0.3, 0.4) is 0 Å². The quantitative estimate of drug-likeness (QED) is 0.688.